The van der Waals surface area contributed by atoms with Gasteiger partial charge in [0, 0.05) is 18.9 Å². The first-order valence-electron chi connectivity index (χ1n) is 22.0. The van der Waals surface area contributed by atoms with E-state index < -0.39 is 0 Å². The highest BCUT2D eigenvalue weighted by Gasteiger charge is 2.31. The molecular weight excluding hydrogens is 765 g/mol. The van der Waals surface area contributed by atoms with Crippen LogP contribution in [0.25, 0.3) is 0 Å². The third-order valence-electron chi connectivity index (χ3n) is 9.48. The zero-order valence-electron chi connectivity index (χ0n) is 40.9. The number of carbonyl (C=O) groups excluding carboxylic acids is 1. The van der Waals surface area contributed by atoms with Crippen LogP contribution in [0.2, 0.25) is 0 Å². The van der Waals surface area contributed by atoms with E-state index in [9.17, 15) is 4.79 Å². The number of carbonyl (C=O) groups is 1. The molecule has 8 heteroatoms. The van der Waals surface area contributed by atoms with Crippen molar-refractivity contribution in [1.82, 2.24) is 0 Å². The van der Waals surface area contributed by atoms with Crippen molar-refractivity contribution >= 4 is 5.97 Å². The fourth-order valence-electron chi connectivity index (χ4n) is 6.15. The van der Waals surface area contributed by atoms with Crippen LogP contribution in [0.1, 0.15) is 152 Å². The van der Waals surface area contributed by atoms with Gasteiger partial charge in [0.1, 0.15) is 22.8 Å². The van der Waals surface area contributed by atoms with E-state index in [0.717, 1.165) is 48.2 Å². The van der Waals surface area contributed by atoms with E-state index >= 15 is 0 Å². The molecule has 0 spiro atoms. The highest BCUT2D eigenvalue weighted by molar-refractivity contribution is 5.66. The van der Waals surface area contributed by atoms with Crippen molar-refractivity contribution in [2.45, 2.75) is 165 Å². The van der Waals surface area contributed by atoms with E-state index in [1.807, 2.05) is 81.4 Å². The van der Waals surface area contributed by atoms with Crippen LogP contribution in [0.4, 0.5) is 0 Å². The van der Waals surface area contributed by atoms with Crippen molar-refractivity contribution in [1.29, 1.82) is 0 Å². The smallest absolute Gasteiger partial charge is 0.303 e. The molecule has 0 bridgehead atoms. The molecule has 0 aliphatic rings. The molecule has 340 valence electrons. The van der Waals surface area contributed by atoms with Crippen molar-refractivity contribution in [3.8, 4) is 28.7 Å². The second-order valence-electron chi connectivity index (χ2n) is 17.0. The Hall–Kier alpha value is -4.69. The molecular formula is C53H80O8. The third-order valence-corrected chi connectivity index (χ3v) is 9.48. The summed E-state index contributed by atoms with van der Waals surface area (Å²) in [6.07, 6.45) is 3.14. The maximum Gasteiger partial charge on any atom is 0.303 e. The molecule has 61 heavy (non-hydrogen) atoms. The molecule has 2 unspecified atom stereocenters. The lowest BCUT2D eigenvalue weighted by molar-refractivity contribution is -0.151. The van der Waals surface area contributed by atoms with Crippen LogP contribution in [-0.4, -0.2) is 56.8 Å². The minimum atomic E-state index is -0.344. The quantitative estimate of drug-likeness (QED) is 0.0815. The minimum absolute atomic E-state index is 0.147. The number of ether oxygens (including phenoxy) is 7. The summed E-state index contributed by atoms with van der Waals surface area (Å²) in [5.41, 5.74) is 4.22. The summed E-state index contributed by atoms with van der Waals surface area (Å²) in [4.78, 5) is 10.2. The molecule has 0 aliphatic heterocycles. The maximum absolute atomic E-state index is 10.2. The molecule has 0 aliphatic carbocycles. The molecule has 0 heterocycles. The topological polar surface area (TPSA) is 81.7 Å². The van der Waals surface area contributed by atoms with Crippen LogP contribution in [0.15, 0.2) is 91.0 Å². The normalized spacial score (nSPS) is 12.1. The van der Waals surface area contributed by atoms with Gasteiger partial charge in [-0.1, -0.05) is 63.2 Å². The fourth-order valence-corrected chi connectivity index (χ4v) is 6.15. The van der Waals surface area contributed by atoms with Gasteiger partial charge in [-0.2, -0.15) is 0 Å². The van der Waals surface area contributed by atoms with E-state index in [-0.39, 0.29) is 35.3 Å². The van der Waals surface area contributed by atoms with Gasteiger partial charge in [-0.05, 0) is 173 Å². The van der Waals surface area contributed by atoms with Crippen LogP contribution in [0, 0.1) is 0 Å². The summed E-state index contributed by atoms with van der Waals surface area (Å²) in [6, 6.07) is 31.4. The second kappa shape index (κ2) is 27.3. The largest absolute Gasteiger partial charge is 0.493 e. The van der Waals surface area contributed by atoms with Crippen LogP contribution in [0.5, 0.6) is 28.7 Å². The Morgan fingerprint density at radius 3 is 1.15 bits per heavy atom. The van der Waals surface area contributed by atoms with Gasteiger partial charge in [-0.25, -0.2) is 0 Å². The summed E-state index contributed by atoms with van der Waals surface area (Å²) >= 11 is 0. The predicted molar refractivity (Wildman–Crippen MR) is 253 cm³/mol. The number of hydrogen-bond acceptors (Lipinski definition) is 8. The van der Waals surface area contributed by atoms with E-state index in [2.05, 4.69) is 113 Å². The lowest BCUT2D eigenvalue weighted by atomic mass is 9.71. The average molecular weight is 845 g/mol. The summed E-state index contributed by atoms with van der Waals surface area (Å²) in [5.74, 6) is 4.59. The molecule has 2 atom stereocenters. The van der Waals surface area contributed by atoms with Crippen molar-refractivity contribution in [2.75, 3.05) is 20.8 Å². The van der Waals surface area contributed by atoms with Gasteiger partial charge in [0.25, 0.3) is 0 Å². The molecule has 4 aromatic carbocycles. The van der Waals surface area contributed by atoms with Gasteiger partial charge in [0.15, 0.2) is 11.5 Å². The van der Waals surface area contributed by atoms with Crippen molar-refractivity contribution in [3.05, 3.63) is 113 Å². The average Bonchev–Trinajstić information content (AvgIpc) is 3.20. The Labute approximate surface area is 370 Å². The first-order valence-corrected chi connectivity index (χ1v) is 22.0. The highest BCUT2D eigenvalue weighted by Crippen LogP contribution is 2.41. The van der Waals surface area contributed by atoms with Gasteiger partial charge in [0.2, 0.25) is 0 Å². The van der Waals surface area contributed by atoms with Crippen molar-refractivity contribution in [3.63, 3.8) is 0 Å². The molecule has 0 fully saturated rings. The molecule has 0 saturated carbocycles. The first-order chi connectivity index (χ1) is 28.6. The Kier molecular flexibility index (Phi) is 24.3. The van der Waals surface area contributed by atoms with Crippen molar-refractivity contribution in [2.24, 2.45) is 0 Å². The molecule has 0 aromatic heterocycles. The monoisotopic (exact) mass is 845 g/mol. The number of benzene rings is 4. The predicted octanol–water partition coefficient (Wildman–Crippen LogP) is 13.8. The molecule has 4 rings (SSSR count). The van der Waals surface area contributed by atoms with Gasteiger partial charge < -0.3 is 33.2 Å². The van der Waals surface area contributed by atoms with Crippen LogP contribution in [0.3, 0.4) is 0 Å². The van der Waals surface area contributed by atoms with Gasteiger partial charge in [0.05, 0.1) is 38.6 Å². The van der Waals surface area contributed by atoms with E-state index in [1.54, 1.807) is 14.2 Å². The third kappa shape index (κ3) is 20.2. The van der Waals surface area contributed by atoms with Gasteiger partial charge >= 0.3 is 5.97 Å². The Bertz CT molecular complexity index is 1640. The maximum atomic E-state index is 10.2. The molecule has 0 radical (unpaired) electrons. The Morgan fingerprint density at radius 2 is 0.918 bits per heavy atom. The summed E-state index contributed by atoms with van der Waals surface area (Å²) in [5, 5.41) is 0. The highest BCUT2D eigenvalue weighted by atomic mass is 16.6. The second-order valence-corrected chi connectivity index (χ2v) is 17.0. The van der Waals surface area contributed by atoms with E-state index in [0.29, 0.717) is 12.0 Å². The number of methoxy groups -OCH3 is 2. The standard InChI is InChI=1S/C29H36O3.C12H18O2.C6H12O2.C6H14O/c1-20(2)30-26-14-8-23(9-15-26)29(7,24-10-16-27(17-11-24)31-21(3)4)25-12-18-28(19-13-25)32-22(5)6;1-5-9(2)10-6-7-11(13-3)12(8-10)14-4;1-5(7)8-6(2,3)4;1-4-6(3)7-5-2/h8-22H,1-7H3;6-9H,5H2,1-4H3;1-4H3;6H,4-5H2,1-3H3. The van der Waals surface area contributed by atoms with Gasteiger partial charge in [-0.15, -0.1) is 0 Å². The molecule has 8 nitrogen and oxygen atoms in total. The molecule has 0 N–H and O–H groups in total. The summed E-state index contributed by atoms with van der Waals surface area (Å²) in [7, 11) is 3.32. The zero-order chi connectivity index (χ0) is 46.3. The SMILES string of the molecule is CC(=O)OC(C)(C)C.CC(C)Oc1ccc(C(C)(c2ccc(OC(C)C)cc2)c2ccc(OC(C)C)cc2)cc1.CCC(C)c1ccc(OC)c(OC)c1.CCOC(C)CC. The number of hydrogen-bond donors (Lipinski definition) is 0. The number of rotatable bonds is 16. The van der Waals surface area contributed by atoms with Crippen LogP contribution >= 0.6 is 0 Å². The minimum Gasteiger partial charge on any atom is -0.493 e. The Morgan fingerprint density at radius 1 is 0.541 bits per heavy atom. The Balaban J connectivity index is 0.000000523. The zero-order valence-corrected chi connectivity index (χ0v) is 40.9. The molecule has 4 aromatic rings. The summed E-state index contributed by atoms with van der Waals surface area (Å²) in [6.45, 7) is 32.9. The lowest BCUT2D eigenvalue weighted by Gasteiger charge is -2.32. The molecule has 0 amide bonds. The van der Waals surface area contributed by atoms with E-state index in [1.165, 1.54) is 29.2 Å². The lowest BCUT2D eigenvalue weighted by Crippen LogP contribution is -2.25. The van der Waals surface area contributed by atoms with Crippen LogP contribution in [-0.2, 0) is 19.7 Å². The molecule has 0 saturated heterocycles. The number of esters is 1. The van der Waals surface area contributed by atoms with Crippen molar-refractivity contribution < 1.29 is 38.0 Å². The van der Waals surface area contributed by atoms with E-state index in [4.69, 9.17) is 33.2 Å². The van der Waals surface area contributed by atoms with Crippen LogP contribution < -0.4 is 23.7 Å². The van der Waals surface area contributed by atoms with Gasteiger partial charge in [-0.3, -0.25) is 4.79 Å². The summed E-state index contributed by atoms with van der Waals surface area (Å²) < 4.78 is 38.0. The fraction of sp³-hybridized carbons (Fsp3) is 0.528. The first kappa shape index (κ1) is 54.3.